The second kappa shape index (κ2) is 3.24. The monoisotopic (exact) mass is 216 g/mol. The molecule has 0 aliphatic carbocycles. The Hall–Kier alpha value is -1.54. The van der Waals surface area contributed by atoms with Crippen LogP contribution in [0.2, 0.25) is 5.02 Å². The molecule has 0 spiro atoms. The molecule has 74 valence electrons. The van der Waals surface area contributed by atoms with E-state index in [2.05, 4.69) is 16.0 Å². The summed E-state index contributed by atoms with van der Waals surface area (Å²) in [6.45, 7) is 0.843. The molecule has 2 heterocycles. The minimum absolute atomic E-state index is 0.725. The van der Waals surface area contributed by atoms with E-state index in [1.807, 2.05) is 36.6 Å². The van der Waals surface area contributed by atoms with Crippen molar-refractivity contribution in [1.29, 1.82) is 0 Å². The lowest BCUT2D eigenvalue weighted by atomic mass is 10.1. The molecule has 0 radical (unpaired) electrons. The normalized spacial score (nSPS) is 17.1. The Morgan fingerprint density at radius 1 is 1.27 bits per heavy atom. The van der Waals surface area contributed by atoms with E-state index >= 15 is 0 Å². The number of halogens is 1. The van der Waals surface area contributed by atoms with Gasteiger partial charge in [0, 0.05) is 6.20 Å². The lowest BCUT2D eigenvalue weighted by Crippen LogP contribution is -2.27. The molecule has 0 unspecified atom stereocenters. The fraction of sp³-hybridized carbons (Fsp3) is 0.0833. The van der Waals surface area contributed by atoms with E-state index in [-0.39, 0.29) is 0 Å². The standard InChI is InChI=1S/C12H9ClN2/c13-10-5-3-4-9-8-15-7-2-1-6-11(15)14-12(9)10/h1-7H,8H2. The third-order valence-electron chi connectivity index (χ3n) is 2.55. The highest BCUT2D eigenvalue weighted by molar-refractivity contribution is 6.33. The fourth-order valence-corrected chi connectivity index (χ4v) is 2.05. The van der Waals surface area contributed by atoms with Gasteiger partial charge in [0.1, 0.15) is 5.84 Å². The quantitative estimate of drug-likeness (QED) is 0.650. The highest BCUT2D eigenvalue weighted by Crippen LogP contribution is 2.34. The molecule has 0 atom stereocenters. The number of benzene rings is 1. The van der Waals surface area contributed by atoms with Gasteiger partial charge in [0.25, 0.3) is 0 Å². The van der Waals surface area contributed by atoms with Gasteiger partial charge in [-0.25, -0.2) is 4.99 Å². The number of fused-ring (bicyclic) bond motifs is 2. The topological polar surface area (TPSA) is 15.6 Å². The van der Waals surface area contributed by atoms with Gasteiger partial charge in [-0.3, -0.25) is 0 Å². The number of allylic oxidation sites excluding steroid dienone is 2. The summed E-state index contributed by atoms with van der Waals surface area (Å²) >= 11 is 6.11. The zero-order chi connectivity index (χ0) is 10.3. The van der Waals surface area contributed by atoms with E-state index in [0.717, 1.165) is 23.1 Å². The van der Waals surface area contributed by atoms with Gasteiger partial charge in [-0.1, -0.05) is 29.8 Å². The highest BCUT2D eigenvalue weighted by Gasteiger charge is 2.18. The van der Waals surface area contributed by atoms with Crippen LogP contribution < -0.4 is 0 Å². The Labute approximate surface area is 93.2 Å². The summed E-state index contributed by atoms with van der Waals surface area (Å²) < 4.78 is 0. The molecule has 2 aliphatic heterocycles. The van der Waals surface area contributed by atoms with Gasteiger partial charge < -0.3 is 4.90 Å². The van der Waals surface area contributed by atoms with Crippen LogP contribution in [0.4, 0.5) is 5.69 Å². The number of amidine groups is 1. The van der Waals surface area contributed by atoms with Crippen LogP contribution in [0.15, 0.2) is 47.6 Å². The van der Waals surface area contributed by atoms with Crippen LogP contribution >= 0.6 is 11.6 Å². The molecule has 2 nitrogen and oxygen atoms in total. The van der Waals surface area contributed by atoms with E-state index in [4.69, 9.17) is 11.6 Å². The average molecular weight is 217 g/mol. The van der Waals surface area contributed by atoms with E-state index in [0.29, 0.717) is 0 Å². The van der Waals surface area contributed by atoms with Crippen molar-refractivity contribution in [2.45, 2.75) is 6.54 Å². The summed E-state index contributed by atoms with van der Waals surface area (Å²) in [5.74, 6) is 0.957. The first-order chi connectivity index (χ1) is 7.34. The summed E-state index contributed by atoms with van der Waals surface area (Å²) in [7, 11) is 0. The average Bonchev–Trinajstić information content (AvgIpc) is 2.27. The molecule has 3 heteroatoms. The van der Waals surface area contributed by atoms with E-state index in [9.17, 15) is 0 Å². The summed E-state index contributed by atoms with van der Waals surface area (Å²) in [6, 6.07) is 5.90. The zero-order valence-corrected chi connectivity index (χ0v) is 8.78. The summed E-state index contributed by atoms with van der Waals surface area (Å²) in [5.41, 5.74) is 2.08. The number of hydrogen-bond acceptors (Lipinski definition) is 2. The number of aliphatic imine (C=N–C) groups is 1. The second-order valence-electron chi connectivity index (χ2n) is 3.55. The maximum atomic E-state index is 6.11. The van der Waals surface area contributed by atoms with E-state index in [1.54, 1.807) is 0 Å². The molecule has 0 aromatic heterocycles. The summed E-state index contributed by atoms with van der Waals surface area (Å²) in [5, 5.41) is 0.725. The van der Waals surface area contributed by atoms with Crippen LogP contribution in [-0.4, -0.2) is 10.7 Å². The number of para-hydroxylation sites is 1. The maximum absolute atomic E-state index is 6.11. The van der Waals surface area contributed by atoms with Gasteiger partial charge >= 0.3 is 0 Å². The number of rotatable bonds is 0. The first kappa shape index (κ1) is 8.74. The van der Waals surface area contributed by atoms with Crippen LogP contribution in [0.5, 0.6) is 0 Å². The van der Waals surface area contributed by atoms with Gasteiger partial charge in [0.05, 0.1) is 17.3 Å². The van der Waals surface area contributed by atoms with Crippen molar-refractivity contribution < 1.29 is 0 Å². The zero-order valence-electron chi connectivity index (χ0n) is 8.02. The lowest BCUT2D eigenvalue weighted by Gasteiger charge is -2.27. The minimum atomic E-state index is 0.725. The third kappa shape index (κ3) is 1.38. The van der Waals surface area contributed by atoms with Crippen LogP contribution in [0.1, 0.15) is 5.56 Å². The van der Waals surface area contributed by atoms with Gasteiger partial charge in [-0.2, -0.15) is 0 Å². The van der Waals surface area contributed by atoms with Crippen molar-refractivity contribution in [2.24, 2.45) is 4.99 Å². The minimum Gasteiger partial charge on any atom is -0.329 e. The van der Waals surface area contributed by atoms with Crippen molar-refractivity contribution in [2.75, 3.05) is 0 Å². The molecule has 1 aromatic carbocycles. The van der Waals surface area contributed by atoms with Crippen LogP contribution in [0.25, 0.3) is 0 Å². The first-order valence-corrected chi connectivity index (χ1v) is 5.20. The molecular weight excluding hydrogens is 208 g/mol. The predicted molar refractivity (Wildman–Crippen MR) is 62.4 cm³/mol. The molecule has 0 amide bonds. The molecule has 0 saturated heterocycles. The number of hydrogen-bond donors (Lipinski definition) is 0. The molecule has 15 heavy (non-hydrogen) atoms. The molecule has 2 aliphatic rings. The SMILES string of the molecule is Clc1cccc2c1N=C1C=CC=CN1C2. The second-order valence-corrected chi connectivity index (χ2v) is 3.95. The Kier molecular flexibility index (Phi) is 1.89. The van der Waals surface area contributed by atoms with Crippen molar-refractivity contribution in [3.63, 3.8) is 0 Å². The third-order valence-corrected chi connectivity index (χ3v) is 2.86. The Balaban J connectivity index is 2.17. The van der Waals surface area contributed by atoms with Gasteiger partial charge in [0.15, 0.2) is 0 Å². The summed E-state index contributed by atoms with van der Waals surface area (Å²) in [6.07, 6.45) is 8.01. The molecule has 0 fully saturated rings. The number of nitrogens with zero attached hydrogens (tertiary/aromatic N) is 2. The predicted octanol–water partition coefficient (Wildman–Crippen LogP) is 3.27. The van der Waals surface area contributed by atoms with Crippen molar-refractivity contribution in [1.82, 2.24) is 4.90 Å². The first-order valence-electron chi connectivity index (χ1n) is 4.82. The van der Waals surface area contributed by atoms with Crippen molar-refractivity contribution in [3.05, 3.63) is 53.2 Å². The van der Waals surface area contributed by atoms with Crippen molar-refractivity contribution in [3.8, 4) is 0 Å². The Morgan fingerprint density at radius 3 is 3.13 bits per heavy atom. The fourth-order valence-electron chi connectivity index (χ4n) is 1.81. The summed E-state index contributed by atoms with van der Waals surface area (Å²) in [4.78, 5) is 6.65. The molecule has 1 aromatic rings. The van der Waals surface area contributed by atoms with E-state index in [1.165, 1.54) is 5.56 Å². The van der Waals surface area contributed by atoms with Gasteiger partial charge in [-0.05, 0) is 23.8 Å². The molecule has 0 N–H and O–H groups in total. The van der Waals surface area contributed by atoms with Crippen LogP contribution in [-0.2, 0) is 6.54 Å². The maximum Gasteiger partial charge on any atom is 0.133 e. The smallest absolute Gasteiger partial charge is 0.133 e. The highest BCUT2D eigenvalue weighted by atomic mass is 35.5. The van der Waals surface area contributed by atoms with Crippen molar-refractivity contribution >= 4 is 23.1 Å². The molecular formula is C12H9ClN2. The Bertz CT molecular complexity index is 500. The largest absolute Gasteiger partial charge is 0.329 e. The molecule has 0 saturated carbocycles. The van der Waals surface area contributed by atoms with Crippen LogP contribution in [0.3, 0.4) is 0 Å². The van der Waals surface area contributed by atoms with Crippen LogP contribution in [0, 0.1) is 0 Å². The van der Waals surface area contributed by atoms with Gasteiger partial charge in [-0.15, -0.1) is 0 Å². The van der Waals surface area contributed by atoms with Gasteiger partial charge in [0.2, 0.25) is 0 Å². The Morgan fingerprint density at radius 2 is 2.20 bits per heavy atom. The molecule has 0 bridgehead atoms. The van der Waals surface area contributed by atoms with E-state index < -0.39 is 0 Å². The molecule has 3 rings (SSSR count). The lowest BCUT2D eigenvalue weighted by molar-refractivity contribution is 0.544.